The van der Waals surface area contributed by atoms with Gasteiger partial charge in [0.1, 0.15) is 18.1 Å². The molecule has 9 heteroatoms. The number of hydrogen-bond acceptors (Lipinski definition) is 6. The van der Waals surface area contributed by atoms with Crippen LogP contribution in [0.25, 0.3) is 16.9 Å². The topological polar surface area (TPSA) is 94.9 Å². The second-order valence-electron chi connectivity index (χ2n) is 9.59. The fraction of sp³-hybridized carbons (Fsp3) is 0.233. The fourth-order valence-electron chi connectivity index (χ4n) is 4.37. The molecule has 1 aliphatic rings. The second kappa shape index (κ2) is 11.3. The maximum Gasteiger partial charge on any atom is 0.254 e. The first-order valence-corrected chi connectivity index (χ1v) is 12.7. The van der Waals surface area contributed by atoms with Crippen LogP contribution in [0, 0.1) is 5.92 Å². The van der Waals surface area contributed by atoms with Crippen LogP contribution in [-0.4, -0.2) is 53.5 Å². The highest BCUT2D eigenvalue weighted by atomic mass is 16.7. The van der Waals surface area contributed by atoms with Crippen LogP contribution in [0.1, 0.15) is 24.2 Å². The number of carbonyl (C=O) groups is 2. The number of methoxy groups -OCH3 is 1. The summed E-state index contributed by atoms with van der Waals surface area (Å²) < 4.78 is 17.7. The molecule has 0 atom stereocenters. The average molecular weight is 527 g/mol. The number of carbonyl (C=O) groups excluding carboxylic acids is 2. The van der Waals surface area contributed by atoms with E-state index in [-0.39, 0.29) is 31.1 Å². The number of aromatic nitrogens is 2. The quantitative estimate of drug-likeness (QED) is 0.329. The van der Waals surface area contributed by atoms with Crippen molar-refractivity contribution >= 4 is 17.6 Å². The van der Waals surface area contributed by atoms with Crippen molar-refractivity contribution in [3.63, 3.8) is 0 Å². The Bertz CT molecular complexity index is 1460. The molecule has 200 valence electrons. The van der Waals surface area contributed by atoms with Crippen molar-refractivity contribution in [3.05, 3.63) is 84.4 Å². The molecule has 3 aromatic carbocycles. The predicted octanol–water partition coefficient (Wildman–Crippen LogP) is 5.01. The normalized spacial score (nSPS) is 11.9. The lowest BCUT2D eigenvalue weighted by Crippen LogP contribution is -2.40. The molecule has 0 radical (unpaired) electrons. The van der Waals surface area contributed by atoms with Crippen LogP contribution in [0.2, 0.25) is 0 Å². The van der Waals surface area contributed by atoms with E-state index in [1.165, 1.54) is 0 Å². The van der Waals surface area contributed by atoms with E-state index in [2.05, 4.69) is 5.32 Å². The van der Waals surface area contributed by atoms with Crippen molar-refractivity contribution in [1.82, 2.24) is 14.7 Å². The van der Waals surface area contributed by atoms with Gasteiger partial charge in [0.05, 0.1) is 18.5 Å². The zero-order valence-corrected chi connectivity index (χ0v) is 22.1. The smallest absolute Gasteiger partial charge is 0.254 e. The van der Waals surface area contributed by atoms with Gasteiger partial charge in [0.2, 0.25) is 12.7 Å². The Labute approximate surface area is 226 Å². The predicted molar refractivity (Wildman–Crippen MR) is 147 cm³/mol. The van der Waals surface area contributed by atoms with Gasteiger partial charge >= 0.3 is 0 Å². The SMILES string of the molecule is COc1ccc(-n2nc(-c3ccccc3)cc2NC(=O)CN(CC(C)C)C(=O)c2ccc3c(c2)OCO3)cc1. The summed E-state index contributed by atoms with van der Waals surface area (Å²) in [5, 5.41) is 7.73. The molecule has 39 heavy (non-hydrogen) atoms. The van der Waals surface area contributed by atoms with E-state index in [0.29, 0.717) is 40.9 Å². The van der Waals surface area contributed by atoms with Gasteiger partial charge in [-0.05, 0) is 48.4 Å². The van der Waals surface area contributed by atoms with Gasteiger partial charge in [-0.3, -0.25) is 9.59 Å². The first-order valence-electron chi connectivity index (χ1n) is 12.7. The summed E-state index contributed by atoms with van der Waals surface area (Å²) in [5.74, 6) is 1.89. The van der Waals surface area contributed by atoms with Crippen LogP contribution >= 0.6 is 0 Å². The molecular weight excluding hydrogens is 496 g/mol. The molecule has 0 spiro atoms. The lowest BCUT2D eigenvalue weighted by Gasteiger charge is -2.24. The van der Waals surface area contributed by atoms with Crippen LogP contribution in [0.15, 0.2) is 78.9 Å². The van der Waals surface area contributed by atoms with Crippen molar-refractivity contribution in [2.75, 3.05) is 32.3 Å². The van der Waals surface area contributed by atoms with Crippen LogP contribution < -0.4 is 19.5 Å². The summed E-state index contributed by atoms with van der Waals surface area (Å²) in [7, 11) is 1.61. The molecule has 0 aliphatic carbocycles. The third-order valence-electron chi connectivity index (χ3n) is 6.19. The highest BCUT2D eigenvalue weighted by Crippen LogP contribution is 2.33. The van der Waals surface area contributed by atoms with Gasteiger partial charge in [0.15, 0.2) is 11.5 Å². The minimum atomic E-state index is -0.334. The molecule has 0 saturated carbocycles. The molecule has 1 aliphatic heterocycles. The highest BCUT2D eigenvalue weighted by molar-refractivity contribution is 5.99. The van der Waals surface area contributed by atoms with E-state index >= 15 is 0 Å². The summed E-state index contributed by atoms with van der Waals surface area (Å²) in [4.78, 5) is 28.3. The van der Waals surface area contributed by atoms with Gasteiger partial charge in [-0.25, -0.2) is 4.68 Å². The van der Waals surface area contributed by atoms with E-state index in [0.717, 1.165) is 11.3 Å². The number of rotatable bonds is 9. The van der Waals surface area contributed by atoms with E-state index < -0.39 is 0 Å². The Morgan fingerprint density at radius 1 is 1.00 bits per heavy atom. The summed E-state index contributed by atoms with van der Waals surface area (Å²) >= 11 is 0. The van der Waals surface area contributed by atoms with Gasteiger partial charge in [-0.2, -0.15) is 5.10 Å². The second-order valence-corrected chi connectivity index (χ2v) is 9.59. The summed E-state index contributed by atoms with van der Waals surface area (Å²) in [5.41, 5.74) is 2.81. The Balaban J connectivity index is 1.40. The Kier molecular flexibility index (Phi) is 7.49. The number of nitrogens with one attached hydrogen (secondary N) is 1. The largest absolute Gasteiger partial charge is 0.497 e. The van der Waals surface area contributed by atoms with Gasteiger partial charge in [0, 0.05) is 23.7 Å². The minimum absolute atomic E-state index is 0.123. The van der Waals surface area contributed by atoms with Gasteiger partial charge in [-0.1, -0.05) is 44.2 Å². The molecule has 0 fully saturated rings. The average Bonchev–Trinajstić information content (AvgIpc) is 3.59. The van der Waals surface area contributed by atoms with E-state index in [1.807, 2.05) is 74.5 Å². The van der Waals surface area contributed by atoms with Crippen molar-refractivity contribution in [1.29, 1.82) is 0 Å². The minimum Gasteiger partial charge on any atom is -0.497 e. The number of anilines is 1. The lowest BCUT2D eigenvalue weighted by atomic mass is 10.1. The summed E-state index contributed by atoms with van der Waals surface area (Å²) in [6.07, 6.45) is 0. The van der Waals surface area contributed by atoms with Crippen molar-refractivity contribution in [3.8, 4) is 34.2 Å². The van der Waals surface area contributed by atoms with Gasteiger partial charge in [-0.15, -0.1) is 0 Å². The number of benzene rings is 3. The van der Waals surface area contributed by atoms with E-state index in [1.54, 1.807) is 34.9 Å². The Hall–Kier alpha value is -4.79. The maximum atomic E-state index is 13.4. The number of ether oxygens (including phenoxy) is 3. The zero-order valence-electron chi connectivity index (χ0n) is 22.1. The highest BCUT2D eigenvalue weighted by Gasteiger charge is 2.24. The third kappa shape index (κ3) is 5.87. The van der Waals surface area contributed by atoms with Crippen LogP contribution in [-0.2, 0) is 4.79 Å². The molecule has 1 N–H and O–H groups in total. The van der Waals surface area contributed by atoms with Crippen molar-refractivity contribution in [2.24, 2.45) is 5.92 Å². The third-order valence-corrected chi connectivity index (χ3v) is 6.19. The lowest BCUT2D eigenvalue weighted by molar-refractivity contribution is -0.117. The molecule has 2 amide bonds. The van der Waals surface area contributed by atoms with Gasteiger partial charge in [0.25, 0.3) is 5.91 Å². The summed E-state index contributed by atoms with van der Waals surface area (Å²) in [6.45, 7) is 4.41. The number of hydrogen-bond donors (Lipinski definition) is 1. The molecular formula is C30H30N4O5. The van der Waals surface area contributed by atoms with Crippen molar-refractivity contribution < 1.29 is 23.8 Å². The van der Waals surface area contributed by atoms with Crippen LogP contribution in [0.4, 0.5) is 5.82 Å². The van der Waals surface area contributed by atoms with Gasteiger partial charge < -0.3 is 24.4 Å². The Morgan fingerprint density at radius 3 is 2.46 bits per heavy atom. The molecule has 0 bridgehead atoms. The standard InChI is InChI=1S/C30H30N4O5/c1-20(2)17-33(30(36)22-9-14-26-27(15-22)39-19-38-26)18-29(35)31-28-16-25(21-7-5-4-6-8-21)32-34(28)23-10-12-24(37-3)13-11-23/h4-16,20H,17-19H2,1-3H3,(H,31,35). The first-order chi connectivity index (χ1) is 18.9. The van der Waals surface area contributed by atoms with Crippen LogP contribution in [0.5, 0.6) is 17.2 Å². The molecule has 0 saturated heterocycles. The molecule has 4 aromatic rings. The number of nitrogens with zero attached hydrogens (tertiary/aromatic N) is 3. The first kappa shape index (κ1) is 25.8. The molecule has 1 aromatic heterocycles. The number of amides is 2. The van der Waals surface area contributed by atoms with E-state index in [9.17, 15) is 9.59 Å². The van der Waals surface area contributed by atoms with Crippen molar-refractivity contribution in [2.45, 2.75) is 13.8 Å². The molecule has 5 rings (SSSR count). The monoisotopic (exact) mass is 526 g/mol. The molecule has 9 nitrogen and oxygen atoms in total. The zero-order chi connectivity index (χ0) is 27.4. The number of fused-ring (bicyclic) bond motifs is 1. The maximum absolute atomic E-state index is 13.4. The molecule has 2 heterocycles. The van der Waals surface area contributed by atoms with E-state index in [4.69, 9.17) is 19.3 Å². The molecule has 0 unspecified atom stereocenters. The van der Waals surface area contributed by atoms with Crippen LogP contribution in [0.3, 0.4) is 0 Å². The Morgan fingerprint density at radius 2 is 1.74 bits per heavy atom. The fourth-order valence-corrected chi connectivity index (χ4v) is 4.37. The summed E-state index contributed by atoms with van der Waals surface area (Å²) in [6, 6.07) is 24.0.